The number of hydrogen-bond donors (Lipinski definition) is 4. The van der Waals surface area contributed by atoms with Gasteiger partial charge in [-0.3, -0.25) is 19.9 Å². The molecule has 1 aliphatic rings. The Hall–Kier alpha value is -5.19. The first-order valence-corrected chi connectivity index (χ1v) is 13.5. The molecule has 5 aromatic heterocycles. The van der Waals surface area contributed by atoms with Gasteiger partial charge >= 0.3 is 0 Å². The largest absolute Gasteiger partial charge is 0.508 e. The van der Waals surface area contributed by atoms with Crippen molar-refractivity contribution in [3.63, 3.8) is 0 Å². The summed E-state index contributed by atoms with van der Waals surface area (Å²) in [7, 11) is 0. The number of amides is 1. The van der Waals surface area contributed by atoms with E-state index in [0.717, 1.165) is 37.3 Å². The van der Waals surface area contributed by atoms with E-state index in [2.05, 4.69) is 30.5 Å². The number of rotatable bonds is 5. The molecule has 6 aromatic rings. The monoisotopic (exact) mass is 548 g/mol. The Labute approximate surface area is 233 Å². The molecular formula is C30H25FN8O2. The summed E-state index contributed by atoms with van der Waals surface area (Å²) in [5.74, 6) is -0.233. The molecule has 0 unspecified atom stereocenters. The summed E-state index contributed by atoms with van der Waals surface area (Å²) in [6.45, 7) is 0. The lowest BCUT2D eigenvalue weighted by atomic mass is 9.88. The predicted octanol–water partition coefficient (Wildman–Crippen LogP) is 5.99. The molecule has 1 aromatic carbocycles. The minimum atomic E-state index is -0.573. The number of aromatic amines is 2. The molecule has 1 aliphatic carbocycles. The molecule has 204 valence electrons. The second-order valence-corrected chi connectivity index (χ2v) is 10.3. The molecule has 10 nitrogen and oxygen atoms in total. The number of phenolic OH excluding ortho intramolecular Hbond substituents is 1. The number of anilines is 1. The van der Waals surface area contributed by atoms with Crippen molar-refractivity contribution in [3.8, 4) is 39.8 Å². The third-order valence-electron chi connectivity index (χ3n) is 7.47. The van der Waals surface area contributed by atoms with Crippen LogP contribution in [0.25, 0.3) is 56.1 Å². The van der Waals surface area contributed by atoms with E-state index < -0.39 is 5.82 Å². The fraction of sp³-hybridized carbons (Fsp3) is 0.200. The molecule has 0 radical (unpaired) electrons. The Morgan fingerprint density at radius 2 is 1.78 bits per heavy atom. The van der Waals surface area contributed by atoms with Crippen molar-refractivity contribution >= 4 is 33.7 Å². The zero-order chi connectivity index (χ0) is 27.9. The lowest BCUT2D eigenvalue weighted by molar-refractivity contribution is -0.120. The average molecular weight is 549 g/mol. The zero-order valence-electron chi connectivity index (χ0n) is 21.9. The normalized spacial score (nSPS) is 14.1. The maximum absolute atomic E-state index is 14.0. The number of nitrogens with zero attached hydrogens (tertiary/aromatic N) is 5. The van der Waals surface area contributed by atoms with Crippen LogP contribution in [-0.2, 0) is 4.79 Å². The number of aromatic nitrogens is 7. The van der Waals surface area contributed by atoms with E-state index in [1.165, 1.54) is 18.6 Å². The second-order valence-electron chi connectivity index (χ2n) is 10.3. The molecule has 0 spiro atoms. The summed E-state index contributed by atoms with van der Waals surface area (Å²) in [5.41, 5.74) is 5.86. The van der Waals surface area contributed by atoms with E-state index in [1.54, 1.807) is 24.7 Å². The number of aromatic hydroxyl groups is 1. The van der Waals surface area contributed by atoms with Crippen LogP contribution in [0.1, 0.15) is 32.1 Å². The first-order valence-electron chi connectivity index (χ1n) is 13.5. The van der Waals surface area contributed by atoms with Crippen molar-refractivity contribution in [1.29, 1.82) is 0 Å². The Morgan fingerprint density at radius 1 is 0.927 bits per heavy atom. The van der Waals surface area contributed by atoms with Gasteiger partial charge in [-0.15, -0.1) is 0 Å². The lowest BCUT2D eigenvalue weighted by Crippen LogP contribution is -2.24. The van der Waals surface area contributed by atoms with Crippen molar-refractivity contribution in [3.05, 3.63) is 66.9 Å². The average Bonchev–Trinajstić information content (AvgIpc) is 3.61. The summed E-state index contributed by atoms with van der Waals surface area (Å²) in [6.07, 6.45) is 10.1. The zero-order valence-corrected chi connectivity index (χ0v) is 21.9. The molecule has 0 aliphatic heterocycles. The summed E-state index contributed by atoms with van der Waals surface area (Å²) < 4.78 is 14.0. The van der Waals surface area contributed by atoms with Gasteiger partial charge in [-0.2, -0.15) is 5.10 Å². The molecule has 4 N–H and O–H groups in total. The van der Waals surface area contributed by atoms with Gasteiger partial charge in [0.05, 0.1) is 34.3 Å². The number of phenols is 1. The van der Waals surface area contributed by atoms with Crippen LogP contribution in [0, 0.1) is 11.7 Å². The van der Waals surface area contributed by atoms with E-state index >= 15 is 0 Å². The summed E-state index contributed by atoms with van der Waals surface area (Å²) in [5, 5.41) is 20.4. The van der Waals surface area contributed by atoms with E-state index in [9.17, 15) is 14.3 Å². The highest BCUT2D eigenvalue weighted by Crippen LogP contribution is 2.32. The number of carbonyl (C=O) groups is 1. The van der Waals surface area contributed by atoms with E-state index in [-0.39, 0.29) is 17.6 Å². The molecule has 41 heavy (non-hydrogen) atoms. The van der Waals surface area contributed by atoms with Crippen LogP contribution in [-0.4, -0.2) is 46.1 Å². The van der Waals surface area contributed by atoms with Gasteiger partial charge in [0.1, 0.15) is 22.6 Å². The predicted molar refractivity (Wildman–Crippen MR) is 152 cm³/mol. The van der Waals surface area contributed by atoms with Crippen molar-refractivity contribution in [1.82, 2.24) is 35.1 Å². The molecule has 0 saturated heterocycles. The van der Waals surface area contributed by atoms with Gasteiger partial charge in [0, 0.05) is 35.5 Å². The summed E-state index contributed by atoms with van der Waals surface area (Å²) in [4.78, 5) is 34.3. The Morgan fingerprint density at radius 3 is 2.63 bits per heavy atom. The van der Waals surface area contributed by atoms with Gasteiger partial charge in [-0.25, -0.2) is 14.4 Å². The highest BCUT2D eigenvalue weighted by Gasteiger charge is 2.22. The Bertz CT molecular complexity index is 1900. The maximum atomic E-state index is 14.0. The highest BCUT2D eigenvalue weighted by molar-refractivity contribution is 5.96. The quantitative estimate of drug-likeness (QED) is 0.207. The van der Waals surface area contributed by atoms with Crippen LogP contribution in [0.4, 0.5) is 10.1 Å². The fourth-order valence-electron chi connectivity index (χ4n) is 5.45. The standard InChI is InChI=1S/C30H25FN8O2/c31-19-10-17(12-21(40)13-19)25-26-23(8-9-33-25)36-29(37-26)28-27-24(38-39-28)7-6-22(35-27)18-11-20(15-32-14-18)34-30(41)16-4-2-1-3-5-16/h6-16,40H,1-5H2,(H,34,41)(H,36,37)(H,38,39). The molecule has 1 saturated carbocycles. The number of hydrogen-bond acceptors (Lipinski definition) is 7. The van der Waals surface area contributed by atoms with Crippen molar-refractivity contribution < 1.29 is 14.3 Å². The number of fused-ring (bicyclic) bond motifs is 2. The van der Waals surface area contributed by atoms with Gasteiger partial charge in [0.15, 0.2) is 11.5 Å². The molecule has 1 fully saturated rings. The van der Waals surface area contributed by atoms with Gasteiger partial charge < -0.3 is 15.4 Å². The topological polar surface area (TPSA) is 145 Å². The van der Waals surface area contributed by atoms with E-state index in [4.69, 9.17) is 9.97 Å². The van der Waals surface area contributed by atoms with Crippen LogP contribution in [0.5, 0.6) is 5.75 Å². The highest BCUT2D eigenvalue weighted by atomic mass is 19.1. The van der Waals surface area contributed by atoms with Crippen LogP contribution in [0.15, 0.2) is 61.1 Å². The molecular weight excluding hydrogens is 523 g/mol. The van der Waals surface area contributed by atoms with Crippen molar-refractivity contribution in [2.75, 3.05) is 5.32 Å². The maximum Gasteiger partial charge on any atom is 0.227 e. The SMILES string of the molecule is O=C(Nc1cncc(-c2ccc3[nH]nc(-c4nc5c(-c6cc(O)cc(F)c6)nccc5[nH]4)c3n2)c1)C1CCCCC1. The van der Waals surface area contributed by atoms with Gasteiger partial charge in [-0.1, -0.05) is 19.3 Å². The van der Waals surface area contributed by atoms with Crippen molar-refractivity contribution in [2.24, 2.45) is 5.92 Å². The Kier molecular flexibility index (Phi) is 6.11. The lowest BCUT2D eigenvalue weighted by Gasteiger charge is -2.20. The first-order chi connectivity index (χ1) is 20.0. The minimum absolute atomic E-state index is 0.0383. The fourth-order valence-corrected chi connectivity index (χ4v) is 5.45. The van der Waals surface area contributed by atoms with Gasteiger partial charge in [0.25, 0.3) is 0 Å². The molecule has 11 heteroatoms. The smallest absolute Gasteiger partial charge is 0.227 e. The minimum Gasteiger partial charge on any atom is -0.508 e. The Balaban J connectivity index is 1.23. The number of H-pyrrole nitrogens is 2. The molecule has 1 amide bonds. The molecule has 0 atom stereocenters. The number of carbonyl (C=O) groups excluding carboxylic acids is 1. The number of nitrogens with one attached hydrogen (secondary N) is 3. The summed E-state index contributed by atoms with van der Waals surface area (Å²) >= 11 is 0. The van der Waals surface area contributed by atoms with Gasteiger partial charge in [0.2, 0.25) is 5.91 Å². The van der Waals surface area contributed by atoms with E-state index in [1.807, 2.05) is 18.2 Å². The second kappa shape index (κ2) is 10.1. The first kappa shape index (κ1) is 24.8. The number of imidazole rings is 1. The van der Waals surface area contributed by atoms with Crippen molar-refractivity contribution in [2.45, 2.75) is 32.1 Å². The molecule has 5 heterocycles. The van der Waals surface area contributed by atoms with E-state index in [0.29, 0.717) is 56.2 Å². The third kappa shape index (κ3) is 4.75. The summed E-state index contributed by atoms with van der Waals surface area (Å²) in [6, 6.07) is 11.2. The van der Waals surface area contributed by atoms with Crippen LogP contribution < -0.4 is 5.32 Å². The van der Waals surface area contributed by atoms with Crippen LogP contribution in [0.2, 0.25) is 0 Å². The van der Waals surface area contributed by atoms with Gasteiger partial charge in [-0.05, 0) is 49.2 Å². The number of benzene rings is 1. The van der Waals surface area contributed by atoms with Crippen LogP contribution in [0.3, 0.4) is 0 Å². The molecule has 7 rings (SSSR count). The number of pyridine rings is 3. The third-order valence-corrected chi connectivity index (χ3v) is 7.47. The molecule has 0 bridgehead atoms. The van der Waals surface area contributed by atoms with Crippen LogP contribution >= 0.6 is 0 Å². The number of halogens is 1.